The SMILES string of the molecule is CCC(C)(C(N)Cc1ccncc1Cl)N1CCCC1. The summed E-state index contributed by atoms with van der Waals surface area (Å²) in [5.41, 5.74) is 7.68. The van der Waals surface area contributed by atoms with Crippen LogP contribution in [0.15, 0.2) is 18.5 Å². The Balaban J connectivity index is 2.12. The first-order valence-electron chi connectivity index (χ1n) is 7.17. The summed E-state index contributed by atoms with van der Waals surface area (Å²) < 4.78 is 0. The van der Waals surface area contributed by atoms with Crippen molar-refractivity contribution in [2.75, 3.05) is 13.1 Å². The molecule has 1 aliphatic heterocycles. The zero-order valence-electron chi connectivity index (χ0n) is 11.9. The summed E-state index contributed by atoms with van der Waals surface area (Å²) in [7, 11) is 0. The maximum atomic E-state index is 6.52. The fourth-order valence-electron chi connectivity index (χ4n) is 2.97. The Kier molecular flexibility index (Phi) is 4.82. The number of likely N-dealkylation sites (tertiary alicyclic amines) is 1. The van der Waals surface area contributed by atoms with E-state index in [1.165, 1.54) is 25.9 Å². The van der Waals surface area contributed by atoms with Gasteiger partial charge in [-0.25, -0.2) is 0 Å². The topological polar surface area (TPSA) is 42.1 Å². The van der Waals surface area contributed by atoms with Crippen LogP contribution in [0.3, 0.4) is 0 Å². The Morgan fingerprint density at radius 3 is 2.74 bits per heavy atom. The third-order valence-electron chi connectivity index (χ3n) is 4.64. The van der Waals surface area contributed by atoms with Gasteiger partial charge in [-0.3, -0.25) is 9.88 Å². The Morgan fingerprint density at radius 2 is 2.16 bits per heavy atom. The van der Waals surface area contributed by atoms with E-state index in [0.29, 0.717) is 0 Å². The van der Waals surface area contributed by atoms with Gasteiger partial charge in [-0.2, -0.15) is 0 Å². The zero-order valence-corrected chi connectivity index (χ0v) is 12.7. The van der Waals surface area contributed by atoms with E-state index in [-0.39, 0.29) is 11.6 Å². The number of pyridine rings is 1. The van der Waals surface area contributed by atoms with Crippen LogP contribution in [-0.2, 0) is 6.42 Å². The second kappa shape index (κ2) is 6.21. The number of nitrogens with two attached hydrogens (primary N) is 1. The summed E-state index contributed by atoms with van der Waals surface area (Å²) in [6, 6.07) is 2.07. The molecular weight excluding hydrogens is 258 g/mol. The molecule has 3 nitrogen and oxygen atoms in total. The van der Waals surface area contributed by atoms with Crippen LogP contribution >= 0.6 is 11.6 Å². The van der Waals surface area contributed by atoms with Crippen LogP contribution in [0.2, 0.25) is 5.02 Å². The molecule has 0 aliphatic carbocycles. The second-order valence-corrected chi connectivity index (χ2v) is 6.09. The highest BCUT2D eigenvalue weighted by Crippen LogP contribution is 2.29. The summed E-state index contributed by atoms with van der Waals surface area (Å²) in [5, 5.41) is 0.720. The predicted octanol–water partition coefficient (Wildman–Crippen LogP) is 2.87. The lowest BCUT2D eigenvalue weighted by Crippen LogP contribution is -2.57. The minimum Gasteiger partial charge on any atom is -0.326 e. The number of halogens is 1. The van der Waals surface area contributed by atoms with Crippen LogP contribution in [0.4, 0.5) is 0 Å². The van der Waals surface area contributed by atoms with E-state index in [4.69, 9.17) is 17.3 Å². The van der Waals surface area contributed by atoms with Crippen molar-refractivity contribution in [1.29, 1.82) is 0 Å². The standard InChI is InChI=1S/C15H24ClN3/c1-3-15(2,19-8-4-5-9-19)14(17)10-12-6-7-18-11-13(12)16/h6-7,11,14H,3-5,8-10,17H2,1-2H3. The van der Waals surface area contributed by atoms with Crippen molar-refractivity contribution in [1.82, 2.24) is 9.88 Å². The van der Waals surface area contributed by atoms with Crippen molar-refractivity contribution in [3.63, 3.8) is 0 Å². The Bertz CT molecular complexity index is 418. The summed E-state index contributed by atoms with van der Waals surface area (Å²) in [6.07, 6.45) is 7.94. The summed E-state index contributed by atoms with van der Waals surface area (Å²) in [4.78, 5) is 6.58. The molecule has 0 bridgehead atoms. The van der Waals surface area contributed by atoms with Crippen molar-refractivity contribution in [3.8, 4) is 0 Å². The molecular formula is C15H24ClN3. The van der Waals surface area contributed by atoms with E-state index >= 15 is 0 Å². The number of hydrogen-bond acceptors (Lipinski definition) is 3. The fraction of sp³-hybridized carbons (Fsp3) is 0.667. The summed E-state index contributed by atoms with van der Waals surface area (Å²) in [5.74, 6) is 0. The van der Waals surface area contributed by atoms with E-state index < -0.39 is 0 Å². The van der Waals surface area contributed by atoms with E-state index in [2.05, 4.69) is 23.7 Å². The molecule has 106 valence electrons. The van der Waals surface area contributed by atoms with Crippen molar-refractivity contribution in [3.05, 3.63) is 29.0 Å². The molecule has 4 heteroatoms. The van der Waals surface area contributed by atoms with Crippen molar-refractivity contribution < 1.29 is 0 Å². The molecule has 2 unspecified atom stereocenters. The van der Waals surface area contributed by atoms with Gasteiger partial charge in [-0.15, -0.1) is 0 Å². The maximum Gasteiger partial charge on any atom is 0.0621 e. The zero-order chi connectivity index (χ0) is 13.9. The molecule has 1 aromatic rings. The van der Waals surface area contributed by atoms with Gasteiger partial charge in [0.1, 0.15) is 0 Å². The van der Waals surface area contributed by atoms with Crippen LogP contribution in [0.1, 0.15) is 38.7 Å². The highest BCUT2D eigenvalue weighted by molar-refractivity contribution is 6.31. The van der Waals surface area contributed by atoms with Gasteiger partial charge in [0.05, 0.1) is 5.02 Å². The first-order chi connectivity index (χ1) is 9.08. The van der Waals surface area contributed by atoms with E-state index in [1.807, 2.05) is 6.07 Å². The number of nitrogens with zero attached hydrogens (tertiary/aromatic N) is 2. The van der Waals surface area contributed by atoms with Gasteiger partial charge in [0.2, 0.25) is 0 Å². The number of rotatable bonds is 5. The lowest BCUT2D eigenvalue weighted by atomic mass is 9.84. The molecule has 1 aliphatic rings. The third-order valence-corrected chi connectivity index (χ3v) is 4.98. The van der Waals surface area contributed by atoms with Crippen LogP contribution in [0.25, 0.3) is 0 Å². The molecule has 0 spiro atoms. The molecule has 2 heterocycles. The van der Waals surface area contributed by atoms with E-state index in [1.54, 1.807) is 12.4 Å². The van der Waals surface area contributed by atoms with Gasteiger partial charge in [0, 0.05) is 24.0 Å². The second-order valence-electron chi connectivity index (χ2n) is 5.68. The molecule has 2 N–H and O–H groups in total. The third kappa shape index (κ3) is 3.10. The van der Waals surface area contributed by atoms with Crippen molar-refractivity contribution in [2.45, 2.75) is 51.1 Å². The van der Waals surface area contributed by atoms with Crippen LogP contribution in [0, 0.1) is 0 Å². The van der Waals surface area contributed by atoms with Gasteiger partial charge in [0.25, 0.3) is 0 Å². The maximum absolute atomic E-state index is 6.52. The molecule has 1 aromatic heterocycles. The monoisotopic (exact) mass is 281 g/mol. The van der Waals surface area contributed by atoms with Crippen LogP contribution < -0.4 is 5.73 Å². The molecule has 0 amide bonds. The highest BCUT2D eigenvalue weighted by atomic mass is 35.5. The van der Waals surface area contributed by atoms with Gasteiger partial charge in [-0.05, 0) is 57.3 Å². The average Bonchev–Trinajstić information content (AvgIpc) is 2.95. The van der Waals surface area contributed by atoms with Gasteiger partial charge in [0.15, 0.2) is 0 Å². The number of aromatic nitrogens is 1. The molecule has 2 atom stereocenters. The summed E-state index contributed by atoms with van der Waals surface area (Å²) in [6.45, 7) is 6.86. The van der Waals surface area contributed by atoms with Crippen molar-refractivity contribution >= 4 is 11.6 Å². The molecule has 0 radical (unpaired) electrons. The molecule has 1 fully saturated rings. The average molecular weight is 282 g/mol. The Labute approximate surface area is 121 Å². The largest absolute Gasteiger partial charge is 0.326 e. The smallest absolute Gasteiger partial charge is 0.0621 e. The fourth-order valence-corrected chi connectivity index (χ4v) is 3.17. The van der Waals surface area contributed by atoms with Crippen molar-refractivity contribution in [2.24, 2.45) is 5.73 Å². The molecule has 0 saturated carbocycles. The lowest BCUT2D eigenvalue weighted by molar-refractivity contribution is 0.0999. The minimum atomic E-state index is 0.0586. The van der Waals surface area contributed by atoms with Crippen LogP contribution in [0.5, 0.6) is 0 Å². The first-order valence-corrected chi connectivity index (χ1v) is 7.54. The minimum absolute atomic E-state index is 0.0586. The molecule has 19 heavy (non-hydrogen) atoms. The molecule has 2 rings (SSSR count). The Hall–Kier alpha value is -0.640. The van der Waals surface area contributed by atoms with Crippen LogP contribution in [-0.4, -0.2) is 34.6 Å². The first kappa shape index (κ1) is 14.8. The van der Waals surface area contributed by atoms with Gasteiger partial charge < -0.3 is 5.73 Å². The summed E-state index contributed by atoms with van der Waals surface area (Å²) >= 11 is 6.19. The van der Waals surface area contributed by atoms with Gasteiger partial charge in [-0.1, -0.05) is 18.5 Å². The number of hydrogen-bond donors (Lipinski definition) is 1. The van der Waals surface area contributed by atoms with E-state index in [0.717, 1.165) is 23.4 Å². The molecule has 0 aromatic carbocycles. The van der Waals surface area contributed by atoms with E-state index in [9.17, 15) is 0 Å². The lowest BCUT2D eigenvalue weighted by Gasteiger charge is -2.43. The van der Waals surface area contributed by atoms with Gasteiger partial charge >= 0.3 is 0 Å². The molecule has 1 saturated heterocycles. The predicted molar refractivity (Wildman–Crippen MR) is 80.4 cm³/mol. The normalized spacial score (nSPS) is 21.3. The quantitative estimate of drug-likeness (QED) is 0.902. The highest BCUT2D eigenvalue weighted by Gasteiger charge is 2.37. The Morgan fingerprint density at radius 1 is 1.47 bits per heavy atom.